The van der Waals surface area contributed by atoms with Crippen molar-refractivity contribution < 1.29 is 14.3 Å². The molecule has 0 saturated carbocycles. The molecule has 3 heterocycles. The van der Waals surface area contributed by atoms with E-state index in [0.717, 1.165) is 37.1 Å². The molecule has 1 aromatic carbocycles. The van der Waals surface area contributed by atoms with Crippen LogP contribution < -0.4 is 14.8 Å². The Morgan fingerprint density at radius 1 is 1.12 bits per heavy atom. The Morgan fingerprint density at radius 3 is 2.59 bits per heavy atom. The Hall–Kier alpha value is -3.62. The second-order valence-electron chi connectivity index (χ2n) is 7.64. The Labute approximate surface area is 187 Å². The average molecular weight is 437 g/mol. The van der Waals surface area contributed by atoms with Crippen LogP contribution >= 0.6 is 0 Å². The van der Waals surface area contributed by atoms with Gasteiger partial charge in [0.1, 0.15) is 11.9 Å². The quantitative estimate of drug-likeness (QED) is 0.538. The summed E-state index contributed by atoms with van der Waals surface area (Å²) in [5.74, 6) is 1.93. The maximum atomic E-state index is 12.6. The van der Waals surface area contributed by atoms with Crippen LogP contribution in [0.3, 0.4) is 0 Å². The van der Waals surface area contributed by atoms with Crippen LogP contribution in [0.1, 0.15) is 32.6 Å². The molecular weight excluding hydrogens is 408 g/mol. The van der Waals surface area contributed by atoms with Crippen LogP contribution in [0, 0.1) is 0 Å². The normalized spacial score (nSPS) is 14.2. The summed E-state index contributed by atoms with van der Waals surface area (Å²) in [4.78, 5) is 14.4. The fraction of sp³-hybridized carbons (Fsp3) is 0.391. The number of carbonyl (C=O) groups excluding carboxylic acids is 1. The molecule has 1 fully saturated rings. The van der Waals surface area contributed by atoms with Crippen molar-refractivity contribution in [1.82, 2.24) is 24.9 Å². The van der Waals surface area contributed by atoms with Crippen molar-refractivity contribution in [3.63, 3.8) is 0 Å². The highest BCUT2D eigenvalue weighted by molar-refractivity contribution is 5.89. The van der Waals surface area contributed by atoms with Crippen LogP contribution in [0.25, 0.3) is 5.82 Å². The topological polar surface area (TPSA) is 94.4 Å². The number of carbonyl (C=O) groups is 1. The average Bonchev–Trinajstić information content (AvgIpc) is 3.36. The zero-order chi connectivity index (χ0) is 22.2. The maximum absolute atomic E-state index is 12.6. The highest BCUT2D eigenvalue weighted by Crippen LogP contribution is 2.20. The molecule has 1 saturated heterocycles. The van der Waals surface area contributed by atoms with Crippen LogP contribution in [0.5, 0.6) is 11.6 Å². The highest BCUT2D eigenvalue weighted by atomic mass is 16.5. The van der Waals surface area contributed by atoms with Gasteiger partial charge >= 0.3 is 6.03 Å². The number of anilines is 1. The minimum absolute atomic E-state index is 0.00320. The molecule has 2 aromatic heterocycles. The number of likely N-dealkylation sites (tertiary alicyclic amines) is 1. The molecule has 1 aliphatic heterocycles. The zero-order valence-electron chi connectivity index (χ0n) is 18.2. The number of piperidine rings is 1. The van der Waals surface area contributed by atoms with Crippen molar-refractivity contribution in [3.05, 3.63) is 54.9 Å². The molecule has 9 heteroatoms. The number of rotatable bonds is 8. The lowest BCUT2D eigenvalue weighted by Crippen LogP contribution is -2.43. The highest BCUT2D eigenvalue weighted by Gasteiger charge is 2.24. The molecule has 0 bridgehead atoms. The number of aromatic nitrogens is 4. The number of amides is 2. The van der Waals surface area contributed by atoms with E-state index >= 15 is 0 Å². The Bertz CT molecular complexity index is 968. The van der Waals surface area contributed by atoms with Gasteiger partial charge in [0, 0.05) is 50.1 Å². The molecule has 168 valence electrons. The van der Waals surface area contributed by atoms with Gasteiger partial charge in [-0.25, -0.2) is 9.48 Å². The molecule has 2 amide bonds. The number of nitrogens with zero attached hydrogens (tertiary/aromatic N) is 5. The van der Waals surface area contributed by atoms with Gasteiger partial charge in [0.05, 0.1) is 6.61 Å². The third-order valence-electron chi connectivity index (χ3n) is 5.25. The predicted octanol–water partition coefficient (Wildman–Crippen LogP) is 3.92. The zero-order valence-corrected chi connectivity index (χ0v) is 18.2. The number of benzene rings is 1. The summed E-state index contributed by atoms with van der Waals surface area (Å²) in [6.45, 7) is 4.08. The Balaban J connectivity index is 1.21. The largest absolute Gasteiger partial charge is 0.494 e. The number of hydrogen-bond acceptors (Lipinski definition) is 6. The lowest BCUT2D eigenvalue weighted by molar-refractivity contribution is 0.110. The summed E-state index contributed by atoms with van der Waals surface area (Å²) >= 11 is 0. The molecular formula is C23H28N6O3. The molecule has 1 aliphatic rings. The molecule has 0 atom stereocenters. The van der Waals surface area contributed by atoms with E-state index in [4.69, 9.17) is 9.47 Å². The van der Waals surface area contributed by atoms with Crippen LogP contribution in [-0.4, -0.2) is 56.7 Å². The molecule has 0 radical (unpaired) electrons. The molecule has 1 N–H and O–H groups in total. The van der Waals surface area contributed by atoms with Gasteiger partial charge in [-0.1, -0.05) is 13.3 Å². The fourth-order valence-electron chi connectivity index (χ4n) is 3.42. The lowest BCUT2D eigenvalue weighted by atomic mass is 10.1. The fourth-order valence-corrected chi connectivity index (χ4v) is 3.42. The van der Waals surface area contributed by atoms with Crippen molar-refractivity contribution in [2.24, 2.45) is 0 Å². The standard InChI is InChI=1S/C23H28N6O3/c1-2-3-17-31-19-7-5-18(6-8-19)25-23(30)28-15-11-20(12-16-28)32-22-10-9-21(26-27-22)29-14-4-13-24-29/h4-10,13-14,20H,2-3,11-12,15-17H2,1H3,(H,25,30). The van der Waals surface area contributed by atoms with E-state index in [0.29, 0.717) is 31.4 Å². The molecule has 9 nitrogen and oxygen atoms in total. The molecule has 0 aliphatic carbocycles. The molecule has 4 rings (SSSR count). The van der Waals surface area contributed by atoms with E-state index < -0.39 is 0 Å². The van der Waals surface area contributed by atoms with Crippen LogP contribution in [0.15, 0.2) is 54.9 Å². The summed E-state index contributed by atoms with van der Waals surface area (Å²) in [6, 6.07) is 12.8. The van der Waals surface area contributed by atoms with Gasteiger partial charge in [0.15, 0.2) is 5.82 Å². The van der Waals surface area contributed by atoms with E-state index in [1.165, 1.54) is 0 Å². The van der Waals surface area contributed by atoms with Gasteiger partial charge in [0.25, 0.3) is 0 Å². The summed E-state index contributed by atoms with van der Waals surface area (Å²) in [7, 11) is 0. The number of unbranched alkanes of at least 4 members (excludes halogenated alkanes) is 1. The number of ether oxygens (including phenoxy) is 2. The summed E-state index contributed by atoms with van der Waals surface area (Å²) in [5, 5.41) is 15.4. The van der Waals surface area contributed by atoms with Crippen molar-refractivity contribution in [1.29, 1.82) is 0 Å². The smallest absolute Gasteiger partial charge is 0.321 e. The number of nitrogens with one attached hydrogen (secondary N) is 1. The summed E-state index contributed by atoms with van der Waals surface area (Å²) in [5.41, 5.74) is 0.753. The Kier molecular flexibility index (Phi) is 7.16. The van der Waals surface area contributed by atoms with Crippen molar-refractivity contribution in [3.8, 4) is 17.4 Å². The third kappa shape index (κ3) is 5.75. The van der Waals surface area contributed by atoms with Gasteiger partial charge in [0.2, 0.25) is 5.88 Å². The lowest BCUT2D eigenvalue weighted by Gasteiger charge is -2.31. The Morgan fingerprint density at radius 2 is 1.94 bits per heavy atom. The third-order valence-corrected chi connectivity index (χ3v) is 5.25. The molecule has 0 unspecified atom stereocenters. The predicted molar refractivity (Wildman–Crippen MR) is 120 cm³/mol. The summed E-state index contributed by atoms with van der Waals surface area (Å²) < 4.78 is 13.2. The van der Waals surface area contributed by atoms with E-state index in [2.05, 4.69) is 27.5 Å². The van der Waals surface area contributed by atoms with Gasteiger partial charge in [-0.15, -0.1) is 10.2 Å². The molecule has 0 spiro atoms. The SMILES string of the molecule is CCCCOc1ccc(NC(=O)N2CCC(Oc3ccc(-n4cccn4)nn3)CC2)cc1. The van der Waals surface area contributed by atoms with E-state index in [1.807, 2.05) is 36.4 Å². The maximum Gasteiger partial charge on any atom is 0.321 e. The van der Waals surface area contributed by atoms with Gasteiger partial charge in [-0.2, -0.15) is 5.10 Å². The van der Waals surface area contributed by atoms with Gasteiger partial charge < -0.3 is 19.7 Å². The minimum Gasteiger partial charge on any atom is -0.494 e. The molecule has 3 aromatic rings. The van der Waals surface area contributed by atoms with Crippen LogP contribution in [-0.2, 0) is 0 Å². The van der Waals surface area contributed by atoms with Crippen LogP contribution in [0.2, 0.25) is 0 Å². The van der Waals surface area contributed by atoms with E-state index in [9.17, 15) is 4.79 Å². The first-order valence-electron chi connectivity index (χ1n) is 11.0. The van der Waals surface area contributed by atoms with Crippen molar-refractivity contribution in [2.45, 2.75) is 38.7 Å². The summed E-state index contributed by atoms with van der Waals surface area (Å²) in [6.07, 6.45) is 7.10. The first-order chi connectivity index (χ1) is 15.7. The first-order valence-corrected chi connectivity index (χ1v) is 11.0. The van der Waals surface area contributed by atoms with Gasteiger partial charge in [-0.3, -0.25) is 0 Å². The minimum atomic E-state index is -0.105. The number of urea groups is 1. The second-order valence-corrected chi connectivity index (χ2v) is 7.64. The van der Waals surface area contributed by atoms with E-state index in [1.54, 1.807) is 28.0 Å². The number of hydrogen-bond donors (Lipinski definition) is 1. The van der Waals surface area contributed by atoms with Gasteiger partial charge in [-0.05, 0) is 42.8 Å². The molecule has 32 heavy (non-hydrogen) atoms. The second kappa shape index (κ2) is 10.6. The monoisotopic (exact) mass is 436 g/mol. The first kappa shape index (κ1) is 21.6. The van der Waals surface area contributed by atoms with Crippen molar-refractivity contribution >= 4 is 11.7 Å². The van der Waals surface area contributed by atoms with Crippen molar-refractivity contribution in [2.75, 3.05) is 25.0 Å². The van der Waals surface area contributed by atoms with Crippen LogP contribution in [0.4, 0.5) is 10.5 Å². The van der Waals surface area contributed by atoms with E-state index in [-0.39, 0.29) is 12.1 Å².